The highest BCUT2D eigenvalue weighted by Crippen LogP contribution is 2.38. The molecule has 1 atom stereocenters. The fraction of sp³-hybridized carbons (Fsp3) is 0.545. The van der Waals surface area contributed by atoms with Gasteiger partial charge in [0.1, 0.15) is 0 Å². The molecule has 3 heterocycles. The molecule has 2 saturated heterocycles. The fourth-order valence-electron chi connectivity index (χ4n) is 4.88. The van der Waals surface area contributed by atoms with Gasteiger partial charge < -0.3 is 10.6 Å². The summed E-state index contributed by atoms with van der Waals surface area (Å²) in [5, 5.41) is 8.66. The molecule has 2 amide bonds. The van der Waals surface area contributed by atoms with E-state index in [9.17, 15) is 14.0 Å². The molecular formula is C22H29FN6O2. The number of anilines is 2. The number of aromatic nitrogens is 2. The van der Waals surface area contributed by atoms with Gasteiger partial charge in [0.05, 0.1) is 12.1 Å². The Morgan fingerprint density at radius 1 is 1.16 bits per heavy atom. The van der Waals surface area contributed by atoms with Gasteiger partial charge in [0, 0.05) is 34.8 Å². The number of hydrogen-bond acceptors (Lipinski definition) is 7. The summed E-state index contributed by atoms with van der Waals surface area (Å²) in [7, 11) is 2.12. The van der Waals surface area contributed by atoms with Crippen molar-refractivity contribution in [2.75, 3.05) is 17.7 Å². The maximum absolute atomic E-state index is 14.5. The van der Waals surface area contributed by atoms with Crippen molar-refractivity contribution in [2.24, 2.45) is 5.92 Å². The summed E-state index contributed by atoms with van der Waals surface area (Å²) in [6.07, 6.45) is 6.53. The average Bonchev–Trinajstić information content (AvgIpc) is 2.95. The monoisotopic (exact) mass is 428 g/mol. The summed E-state index contributed by atoms with van der Waals surface area (Å²) in [6.45, 7) is 8.75. The van der Waals surface area contributed by atoms with Crippen LogP contribution in [0.4, 0.5) is 16.2 Å². The van der Waals surface area contributed by atoms with Crippen LogP contribution in [0.1, 0.15) is 47.0 Å². The van der Waals surface area contributed by atoms with Crippen LogP contribution in [0.15, 0.2) is 29.6 Å². The van der Waals surface area contributed by atoms with Crippen LogP contribution < -0.4 is 16.0 Å². The number of allylic oxidation sites excluding steroid dienone is 3. The second-order valence-electron chi connectivity index (χ2n) is 9.84. The Bertz CT molecular complexity index is 982. The Hall–Kier alpha value is -2.81. The third-order valence-electron chi connectivity index (χ3n) is 6.74. The Labute approximate surface area is 181 Å². The lowest BCUT2D eigenvalue weighted by molar-refractivity contribution is -0.125. The van der Waals surface area contributed by atoms with Gasteiger partial charge in [-0.1, -0.05) is 6.08 Å². The van der Waals surface area contributed by atoms with E-state index in [1.807, 2.05) is 0 Å². The molecule has 0 aromatic carbocycles. The highest BCUT2D eigenvalue weighted by atomic mass is 19.1. The number of halogens is 1. The van der Waals surface area contributed by atoms with Crippen molar-refractivity contribution < 1.29 is 14.0 Å². The molecule has 2 aliphatic heterocycles. The van der Waals surface area contributed by atoms with Crippen molar-refractivity contribution in [3.8, 4) is 0 Å². The smallest absolute Gasteiger partial charge is 0.254 e. The van der Waals surface area contributed by atoms with Crippen molar-refractivity contribution in [1.82, 2.24) is 20.2 Å². The molecule has 0 saturated carbocycles. The standard InChI is InChI=1S/C22H29FN6O2/c1-21(2)9-13(10-22(3,4)29(21)5)25-17-16(23)11-24-20(27-17)26-12-6-7-14-15(8-12)19(31)28-18(14)30/h6-7,11,13,15H,8-10H2,1-5H3,(H,28,30,31)(H2,24,25,26,27). The van der Waals surface area contributed by atoms with Crippen molar-refractivity contribution in [3.05, 3.63) is 35.4 Å². The highest BCUT2D eigenvalue weighted by Gasteiger charge is 2.43. The second-order valence-corrected chi connectivity index (χ2v) is 9.84. The summed E-state index contributed by atoms with van der Waals surface area (Å²) < 4.78 is 14.5. The van der Waals surface area contributed by atoms with Crippen molar-refractivity contribution in [1.29, 1.82) is 0 Å². The molecule has 3 aliphatic rings. The molecule has 0 radical (unpaired) electrons. The van der Waals surface area contributed by atoms with Gasteiger partial charge in [-0.25, -0.2) is 9.37 Å². The van der Waals surface area contributed by atoms with Gasteiger partial charge in [-0.15, -0.1) is 0 Å². The number of nitrogens with one attached hydrogen (secondary N) is 3. The van der Waals surface area contributed by atoms with E-state index >= 15 is 0 Å². The van der Waals surface area contributed by atoms with E-state index in [0.717, 1.165) is 19.0 Å². The van der Waals surface area contributed by atoms with Gasteiger partial charge >= 0.3 is 0 Å². The molecule has 4 rings (SSSR count). The molecule has 0 bridgehead atoms. The minimum atomic E-state index is -0.513. The van der Waals surface area contributed by atoms with E-state index in [0.29, 0.717) is 17.7 Å². The van der Waals surface area contributed by atoms with E-state index in [1.54, 1.807) is 12.2 Å². The van der Waals surface area contributed by atoms with Crippen molar-refractivity contribution in [2.45, 2.75) is 64.1 Å². The zero-order valence-electron chi connectivity index (χ0n) is 18.5. The van der Waals surface area contributed by atoms with Crippen molar-refractivity contribution in [3.63, 3.8) is 0 Å². The predicted octanol–water partition coefficient (Wildman–Crippen LogP) is 2.58. The summed E-state index contributed by atoms with van der Waals surface area (Å²) >= 11 is 0. The lowest BCUT2D eigenvalue weighted by Crippen LogP contribution is -2.61. The number of fused-ring (bicyclic) bond motifs is 1. The van der Waals surface area contributed by atoms with Gasteiger partial charge in [0.2, 0.25) is 11.9 Å². The summed E-state index contributed by atoms with van der Waals surface area (Å²) in [6, 6.07) is 0.0611. The first kappa shape index (κ1) is 21.4. The Balaban J connectivity index is 1.50. The minimum Gasteiger partial charge on any atom is -0.365 e. The van der Waals surface area contributed by atoms with Crippen LogP contribution in [0.2, 0.25) is 0 Å². The molecule has 2 fully saturated rings. The predicted molar refractivity (Wildman–Crippen MR) is 116 cm³/mol. The van der Waals surface area contributed by atoms with Crippen LogP contribution in [0.5, 0.6) is 0 Å². The average molecular weight is 429 g/mol. The van der Waals surface area contributed by atoms with Gasteiger partial charge in [0.25, 0.3) is 5.91 Å². The van der Waals surface area contributed by atoms with Crippen LogP contribution in [-0.2, 0) is 9.59 Å². The number of carbonyl (C=O) groups excluding carboxylic acids is 2. The third kappa shape index (κ3) is 4.06. The maximum atomic E-state index is 14.5. The number of carbonyl (C=O) groups is 2. The molecule has 3 N–H and O–H groups in total. The molecule has 166 valence electrons. The molecular weight excluding hydrogens is 399 g/mol. The number of hydrogen-bond donors (Lipinski definition) is 3. The molecule has 1 aromatic heterocycles. The number of likely N-dealkylation sites (tertiary alicyclic amines) is 1. The first-order chi connectivity index (χ1) is 14.5. The van der Waals surface area contributed by atoms with Crippen molar-refractivity contribution >= 4 is 23.6 Å². The topological polar surface area (TPSA) is 99.2 Å². The van der Waals surface area contributed by atoms with Gasteiger partial charge in [-0.3, -0.25) is 19.8 Å². The third-order valence-corrected chi connectivity index (χ3v) is 6.74. The number of piperidine rings is 1. The first-order valence-electron chi connectivity index (χ1n) is 10.5. The number of amides is 2. The molecule has 31 heavy (non-hydrogen) atoms. The minimum absolute atomic E-state index is 0.0414. The Morgan fingerprint density at radius 3 is 2.52 bits per heavy atom. The van der Waals surface area contributed by atoms with Gasteiger partial charge in [0.15, 0.2) is 11.6 Å². The molecule has 8 nitrogen and oxygen atoms in total. The Kier molecular flexibility index (Phi) is 5.12. The second kappa shape index (κ2) is 7.40. The molecule has 1 aromatic rings. The number of imide groups is 1. The zero-order valence-corrected chi connectivity index (χ0v) is 18.5. The largest absolute Gasteiger partial charge is 0.365 e. The molecule has 1 aliphatic carbocycles. The first-order valence-corrected chi connectivity index (χ1v) is 10.5. The normalized spacial score (nSPS) is 25.4. The summed E-state index contributed by atoms with van der Waals surface area (Å²) in [5.41, 5.74) is 1.07. The van der Waals surface area contributed by atoms with E-state index in [1.165, 1.54) is 0 Å². The van der Waals surface area contributed by atoms with Gasteiger partial charge in [-0.2, -0.15) is 4.98 Å². The lowest BCUT2D eigenvalue weighted by Gasteiger charge is -2.53. The van der Waals surface area contributed by atoms with E-state index in [2.05, 4.69) is 65.6 Å². The van der Waals surface area contributed by atoms with Crippen LogP contribution in [0.25, 0.3) is 0 Å². The van der Waals surface area contributed by atoms with Crippen LogP contribution >= 0.6 is 0 Å². The van der Waals surface area contributed by atoms with Crippen LogP contribution in [0.3, 0.4) is 0 Å². The number of rotatable bonds is 4. The lowest BCUT2D eigenvalue weighted by atomic mass is 9.77. The van der Waals surface area contributed by atoms with E-state index in [4.69, 9.17) is 0 Å². The highest BCUT2D eigenvalue weighted by molar-refractivity contribution is 6.15. The molecule has 9 heteroatoms. The van der Waals surface area contributed by atoms with Gasteiger partial charge in [-0.05, 0) is 53.7 Å². The molecule has 0 spiro atoms. The van der Waals surface area contributed by atoms with E-state index in [-0.39, 0.29) is 40.7 Å². The quantitative estimate of drug-likeness (QED) is 0.634. The summed E-state index contributed by atoms with van der Waals surface area (Å²) in [4.78, 5) is 34.4. The fourth-order valence-corrected chi connectivity index (χ4v) is 4.88. The molecule has 1 unspecified atom stereocenters. The van der Waals surface area contributed by atoms with Crippen LogP contribution in [0, 0.1) is 11.7 Å². The Morgan fingerprint density at radius 2 is 1.84 bits per heavy atom. The SMILES string of the molecule is CN1C(C)(C)CC(Nc2nc(NC3=CC=C4C(=O)NC(=O)C4C3)ncc2F)CC1(C)C. The van der Waals surface area contributed by atoms with Crippen LogP contribution in [-0.4, -0.2) is 50.8 Å². The number of nitrogens with zero attached hydrogens (tertiary/aromatic N) is 3. The van der Waals surface area contributed by atoms with E-state index < -0.39 is 11.7 Å². The zero-order chi connectivity index (χ0) is 22.6. The summed E-state index contributed by atoms with van der Waals surface area (Å²) in [5.74, 6) is -1.29. The maximum Gasteiger partial charge on any atom is 0.254 e.